The monoisotopic (exact) mass is 244 g/mol. The average molecular weight is 244 g/mol. The molecule has 0 bridgehead atoms. The molecule has 0 heterocycles. The highest BCUT2D eigenvalue weighted by Crippen LogP contribution is 2.17. The van der Waals surface area contributed by atoms with Gasteiger partial charge in [-0.15, -0.1) is 0 Å². The molecule has 0 aliphatic rings. The number of ether oxygens (including phenoxy) is 1. The minimum absolute atomic E-state index is 0.208. The molecule has 0 radical (unpaired) electrons. The van der Waals surface area contributed by atoms with Crippen LogP contribution in [-0.2, 0) is 9.53 Å². The van der Waals surface area contributed by atoms with E-state index in [-0.39, 0.29) is 5.91 Å². The molecule has 1 amide bonds. The second-order valence-electron chi connectivity index (χ2n) is 4.58. The summed E-state index contributed by atoms with van der Waals surface area (Å²) in [6, 6.07) is 0. The van der Waals surface area contributed by atoms with E-state index in [1.54, 1.807) is 12.0 Å². The lowest BCUT2D eigenvalue weighted by Gasteiger charge is -2.19. The van der Waals surface area contributed by atoms with E-state index in [9.17, 15) is 4.79 Å². The Hall–Kier alpha value is -0.610. The molecular formula is C13H28N2O2. The summed E-state index contributed by atoms with van der Waals surface area (Å²) in [5.41, 5.74) is 5.58. The number of carbonyl (C=O) groups excluding carboxylic acids is 1. The zero-order valence-electron chi connectivity index (χ0n) is 11.6. The third kappa shape index (κ3) is 8.16. The molecular weight excluding hydrogens is 216 g/mol. The number of nitrogens with zero attached hydrogens (tertiary/aromatic N) is 1. The molecule has 0 saturated heterocycles. The van der Waals surface area contributed by atoms with Gasteiger partial charge in [0.15, 0.2) is 0 Å². The van der Waals surface area contributed by atoms with Crippen LogP contribution in [0.1, 0.15) is 39.0 Å². The van der Waals surface area contributed by atoms with Crippen LogP contribution in [-0.4, -0.2) is 44.7 Å². The molecule has 4 nitrogen and oxygen atoms in total. The van der Waals surface area contributed by atoms with Gasteiger partial charge in [-0.05, 0) is 25.3 Å². The largest absolute Gasteiger partial charge is 0.383 e. The molecule has 17 heavy (non-hydrogen) atoms. The van der Waals surface area contributed by atoms with E-state index >= 15 is 0 Å². The molecule has 102 valence electrons. The van der Waals surface area contributed by atoms with Crippen molar-refractivity contribution in [1.29, 1.82) is 0 Å². The SMILES string of the molecule is CCCC(CCN)CCC(=O)N(C)CCOC. The molecule has 4 heteroatoms. The van der Waals surface area contributed by atoms with Gasteiger partial charge in [-0.3, -0.25) is 4.79 Å². The highest BCUT2D eigenvalue weighted by atomic mass is 16.5. The second kappa shape index (κ2) is 10.5. The summed E-state index contributed by atoms with van der Waals surface area (Å²) in [5.74, 6) is 0.810. The Morgan fingerprint density at radius 1 is 1.35 bits per heavy atom. The fraction of sp³-hybridized carbons (Fsp3) is 0.923. The number of rotatable bonds is 10. The van der Waals surface area contributed by atoms with E-state index in [2.05, 4.69) is 6.92 Å². The maximum atomic E-state index is 11.8. The minimum atomic E-state index is 0.208. The van der Waals surface area contributed by atoms with Crippen LogP contribution in [0.25, 0.3) is 0 Å². The fourth-order valence-electron chi connectivity index (χ4n) is 1.95. The summed E-state index contributed by atoms with van der Waals surface area (Å²) < 4.78 is 4.95. The molecule has 0 aliphatic heterocycles. The molecule has 0 aromatic heterocycles. The number of carbonyl (C=O) groups is 1. The Morgan fingerprint density at radius 2 is 2.06 bits per heavy atom. The van der Waals surface area contributed by atoms with Crippen LogP contribution in [0.15, 0.2) is 0 Å². The van der Waals surface area contributed by atoms with E-state index in [1.165, 1.54) is 12.8 Å². The summed E-state index contributed by atoms with van der Waals surface area (Å²) in [4.78, 5) is 13.5. The molecule has 1 atom stereocenters. The summed E-state index contributed by atoms with van der Waals surface area (Å²) >= 11 is 0. The van der Waals surface area contributed by atoms with Gasteiger partial charge < -0.3 is 15.4 Å². The highest BCUT2D eigenvalue weighted by molar-refractivity contribution is 5.75. The van der Waals surface area contributed by atoms with Crippen molar-refractivity contribution in [2.24, 2.45) is 11.7 Å². The van der Waals surface area contributed by atoms with Crippen molar-refractivity contribution in [2.45, 2.75) is 39.0 Å². The van der Waals surface area contributed by atoms with Crippen LogP contribution in [0.5, 0.6) is 0 Å². The van der Waals surface area contributed by atoms with E-state index in [4.69, 9.17) is 10.5 Å². The number of nitrogens with two attached hydrogens (primary N) is 1. The van der Waals surface area contributed by atoms with E-state index < -0.39 is 0 Å². The third-order valence-electron chi connectivity index (χ3n) is 3.09. The number of hydrogen-bond donors (Lipinski definition) is 1. The van der Waals surface area contributed by atoms with Gasteiger partial charge in [0.25, 0.3) is 0 Å². The van der Waals surface area contributed by atoms with Crippen molar-refractivity contribution in [3.63, 3.8) is 0 Å². The van der Waals surface area contributed by atoms with Crippen molar-refractivity contribution in [3.05, 3.63) is 0 Å². The Labute approximate surface area is 105 Å². The standard InChI is InChI=1S/C13H28N2O2/c1-4-5-12(8-9-14)6-7-13(16)15(2)10-11-17-3/h12H,4-11,14H2,1-3H3. The average Bonchev–Trinajstić information content (AvgIpc) is 2.33. The summed E-state index contributed by atoms with van der Waals surface area (Å²) in [7, 11) is 3.48. The van der Waals surface area contributed by atoms with E-state index in [0.29, 0.717) is 25.5 Å². The molecule has 0 rings (SSSR count). The maximum Gasteiger partial charge on any atom is 0.222 e. The smallest absolute Gasteiger partial charge is 0.222 e. The van der Waals surface area contributed by atoms with Gasteiger partial charge in [-0.25, -0.2) is 0 Å². The third-order valence-corrected chi connectivity index (χ3v) is 3.09. The Balaban J connectivity index is 3.85. The van der Waals surface area contributed by atoms with Gasteiger partial charge in [-0.1, -0.05) is 19.8 Å². The quantitative estimate of drug-likeness (QED) is 0.635. The lowest BCUT2D eigenvalue weighted by molar-refractivity contribution is -0.130. The van der Waals surface area contributed by atoms with Crippen molar-refractivity contribution in [3.8, 4) is 0 Å². The number of likely N-dealkylation sites (N-methyl/N-ethyl adjacent to an activating group) is 1. The predicted molar refractivity (Wildman–Crippen MR) is 70.8 cm³/mol. The minimum Gasteiger partial charge on any atom is -0.383 e. The molecule has 0 aromatic rings. The molecule has 0 fully saturated rings. The van der Waals surface area contributed by atoms with Gasteiger partial charge in [0.05, 0.1) is 6.61 Å². The molecule has 1 unspecified atom stereocenters. The summed E-state index contributed by atoms with van der Waals surface area (Å²) in [6.07, 6.45) is 4.96. The van der Waals surface area contributed by atoms with Gasteiger partial charge >= 0.3 is 0 Å². The Bertz CT molecular complexity index is 192. The van der Waals surface area contributed by atoms with Crippen LogP contribution in [0.2, 0.25) is 0 Å². The van der Waals surface area contributed by atoms with E-state index in [0.717, 1.165) is 19.4 Å². The van der Waals surface area contributed by atoms with Crippen LogP contribution in [0.3, 0.4) is 0 Å². The van der Waals surface area contributed by atoms with Crippen LogP contribution >= 0.6 is 0 Å². The van der Waals surface area contributed by atoms with Crippen LogP contribution < -0.4 is 5.73 Å². The number of hydrogen-bond acceptors (Lipinski definition) is 3. The summed E-state index contributed by atoms with van der Waals surface area (Å²) in [5, 5.41) is 0. The Morgan fingerprint density at radius 3 is 2.59 bits per heavy atom. The zero-order chi connectivity index (χ0) is 13.1. The predicted octanol–water partition coefficient (Wildman–Crippen LogP) is 1.64. The second-order valence-corrected chi connectivity index (χ2v) is 4.58. The maximum absolute atomic E-state index is 11.8. The molecule has 0 spiro atoms. The van der Waals surface area contributed by atoms with Crippen LogP contribution in [0.4, 0.5) is 0 Å². The molecule has 2 N–H and O–H groups in total. The number of amides is 1. The lowest BCUT2D eigenvalue weighted by atomic mass is 9.94. The van der Waals surface area contributed by atoms with Crippen molar-refractivity contribution in [1.82, 2.24) is 4.90 Å². The molecule has 0 saturated carbocycles. The number of methoxy groups -OCH3 is 1. The van der Waals surface area contributed by atoms with Crippen molar-refractivity contribution >= 4 is 5.91 Å². The van der Waals surface area contributed by atoms with Gasteiger partial charge in [0.1, 0.15) is 0 Å². The van der Waals surface area contributed by atoms with Crippen molar-refractivity contribution < 1.29 is 9.53 Å². The Kier molecular flexibility index (Phi) is 10.2. The topological polar surface area (TPSA) is 55.6 Å². The van der Waals surface area contributed by atoms with Gasteiger partial charge in [-0.2, -0.15) is 0 Å². The van der Waals surface area contributed by atoms with E-state index in [1.807, 2.05) is 7.05 Å². The first-order chi connectivity index (χ1) is 8.15. The van der Waals surface area contributed by atoms with Crippen LogP contribution in [0, 0.1) is 5.92 Å². The lowest BCUT2D eigenvalue weighted by Crippen LogP contribution is -2.30. The summed E-state index contributed by atoms with van der Waals surface area (Å²) in [6.45, 7) is 4.17. The highest BCUT2D eigenvalue weighted by Gasteiger charge is 2.12. The normalized spacial score (nSPS) is 12.5. The first-order valence-corrected chi connectivity index (χ1v) is 6.58. The van der Waals surface area contributed by atoms with Gasteiger partial charge in [0.2, 0.25) is 5.91 Å². The zero-order valence-corrected chi connectivity index (χ0v) is 11.6. The first kappa shape index (κ1) is 16.4. The fourth-order valence-corrected chi connectivity index (χ4v) is 1.95. The molecule has 0 aromatic carbocycles. The first-order valence-electron chi connectivity index (χ1n) is 6.58. The van der Waals surface area contributed by atoms with Crippen molar-refractivity contribution in [2.75, 3.05) is 33.9 Å². The molecule has 0 aliphatic carbocycles. The van der Waals surface area contributed by atoms with Gasteiger partial charge in [0, 0.05) is 27.1 Å².